The van der Waals surface area contributed by atoms with Crippen LogP contribution in [0.2, 0.25) is 5.02 Å². The van der Waals surface area contributed by atoms with E-state index in [2.05, 4.69) is 24.2 Å². The van der Waals surface area contributed by atoms with Crippen molar-refractivity contribution in [2.75, 3.05) is 0 Å². The van der Waals surface area contributed by atoms with Crippen molar-refractivity contribution in [2.45, 2.75) is 39.2 Å². The summed E-state index contributed by atoms with van der Waals surface area (Å²) in [6.07, 6.45) is 1.82. The van der Waals surface area contributed by atoms with Gasteiger partial charge in [0.15, 0.2) is 0 Å². The molecule has 0 aliphatic rings. The Morgan fingerprint density at radius 1 is 1.35 bits per heavy atom. The second-order valence-corrected chi connectivity index (χ2v) is 5.01. The van der Waals surface area contributed by atoms with Crippen molar-refractivity contribution in [2.24, 2.45) is 0 Å². The Morgan fingerprint density at radius 3 is 2.60 bits per heavy atom. The van der Waals surface area contributed by atoms with Crippen LogP contribution in [0.4, 0.5) is 4.39 Å². The Hall–Kier alpha value is -1.46. The molecule has 0 aliphatic carbocycles. The van der Waals surface area contributed by atoms with E-state index in [0.29, 0.717) is 11.4 Å². The maximum absolute atomic E-state index is 13.3. The van der Waals surface area contributed by atoms with Gasteiger partial charge in [0.1, 0.15) is 11.5 Å². The first-order valence-corrected chi connectivity index (χ1v) is 7.00. The van der Waals surface area contributed by atoms with Crippen LogP contribution in [0.15, 0.2) is 18.2 Å². The van der Waals surface area contributed by atoms with Crippen LogP contribution in [0.3, 0.4) is 0 Å². The second-order valence-electron chi connectivity index (χ2n) is 4.60. The summed E-state index contributed by atoms with van der Waals surface area (Å²) in [5.74, 6) is -0.238. The predicted octanol–water partition coefficient (Wildman–Crippen LogP) is 3.46. The highest BCUT2D eigenvalue weighted by molar-refractivity contribution is 6.30. The average molecular weight is 298 g/mol. The molecule has 0 unspecified atom stereocenters. The molecule has 0 saturated carbocycles. The molecule has 0 radical (unpaired) electrons. The maximum atomic E-state index is 13.3. The minimum Gasteiger partial charge on any atom is -0.390 e. The first-order valence-electron chi connectivity index (χ1n) is 6.63. The van der Waals surface area contributed by atoms with Gasteiger partial charge in [-0.25, -0.2) is 9.07 Å². The molecular formula is C14H17ClFN3O. The van der Waals surface area contributed by atoms with E-state index in [9.17, 15) is 9.50 Å². The molecule has 108 valence electrons. The van der Waals surface area contributed by atoms with Gasteiger partial charge in [-0.05, 0) is 31.0 Å². The number of hydrogen-bond donors (Lipinski definition) is 1. The van der Waals surface area contributed by atoms with Gasteiger partial charge in [-0.2, -0.15) is 0 Å². The Labute approximate surface area is 122 Å². The quantitative estimate of drug-likeness (QED) is 0.919. The van der Waals surface area contributed by atoms with Crippen molar-refractivity contribution in [1.29, 1.82) is 0 Å². The molecule has 1 N–H and O–H groups in total. The van der Waals surface area contributed by atoms with Crippen molar-refractivity contribution >= 4 is 11.6 Å². The van der Waals surface area contributed by atoms with Crippen molar-refractivity contribution in [1.82, 2.24) is 15.0 Å². The van der Waals surface area contributed by atoms with Crippen molar-refractivity contribution in [3.63, 3.8) is 0 Å². The van der Waals surface area contributed by atoms with Gasteiger partial charge in [0, 0.05) is 5.92 Å². The lowest BCUT2D eigenvalue weighted by Gasteiger charge is -2.15. The first-order chi connectivity index (χ1) is 9.62. The third-order valence-corrected chi connectivity index (χ3v) is 3.74. The molecule has 0 bridgehead atoms. The number of aliphatic hydroxyl groups is 1. The van der Waals surface area contributed by atoms with E-state index in [-0.39, 0.29) is 17.5 Å². The molecule has 0 amide bonds. The summed E-state index contributed by atoms with van der Waals surface area (Å²) in [6.45, 7) is 3.98. The van der Waals surface area contributed by atoms with Crippen molar-refractivity contribution in [3.05, 3.63) is 40.4 Å². The van der Waals surface area contributed by atoms with Crippen LogP contribution in [0.25, 0.3) is 5.69 Å². The minimum atomic E-state index is -0.470. The number of aliphatic hydroxyl groups excluding tert-OH is 1. The molecule has 20 heavy (non-hydrogen) atoms. The molecule has 0 atom stereocenters. The van der Waals surface area contributed by atoms with Crippen LogP contribution >= 0.6 is 11.6 Å². The zero-order chi connectivity index (χ0) is 14.7. The lowest BCUT2D eigenvalue weighted by Crippen LogP contribution is -2.09. The minimum absolute atomic E-state index is 0.0408. The molecule has 1 heterocycles. The van der Waals surface area contributed by atoms with Crippen LogP contribution in [0.1, 0.15) is 44.0 Å². The molecule has 1 aromatic heterocycles. The second kappa shape index (κ2) is 6.33. The number of hydrogen-bond acceptors (Lipinski definition) is 3. The summed E-state index contributed by atoms with van der Waals surface area (Å²) in [5.41, 5.74) is 2.06. The number of aromatic nitrogens is 3. The zero-order valence-electron chi connectivity index (χ0n) is 11.5. The SMILES string of the molecule is CCC(CC)c1c(CO)nnn1-c1ccc(F)c(Cl)c1. The third kappa shape index (κ3) is 2.69. The zero-order valence-corrected chi connectivity index (χ0v) is 12.2. The van der Waals surface area contributed by atoms with Gasteiger partial charge in [0.25, 0.3) is 0 Å². The molecule has 0 aliphatic heterocycles. The summed E-state index contributed by atoms with van der Waals surface area (Å²) >= 11 is 5.82. The largest absolute Gasteiger partial charge is 0.390 e. The molecule has 0 fully saturated rings. The van der Waals surface area contributed by atoms with E-state index in [1.807, 2.05) is 0 Å². The maximum Gasteiger partial charge on any atom is 0.141 e. The summed E-state index contributed by atoms with van der Waals surface area (Å²) in [4.78, 5) is 0. The highest BCUT2D eigenvalue weighted by Crippen LogP contribution is 2.28. The van der Waals surface area contributed by atoms with Gasteiger partial charge in [-0.3, -0.25) is 0 Å². The van der Waals surface area contributed by atoms with Gasteiger partial charge in [0.05, 0.1) is 23.0 Å². The van der Waals surface area contributed by atoms with Crippen molar-refractivity contribution in [3.8, 4) is 5.69 Å². The van der Waals surface area contributed by atoms with Crippen LogP contribution in [-0.2, 0) is 6.61 Å². The molecule has 0 spiro atoms. The van der Waals surface area contributed by atoms with Gasteiger partial charge in [-0.1, -0.05) is 30.7 Å². The fourth-order valence-corrected chi connectivity index (χ4v) is 2.50. The number of benzene rings is 1. The molecule has 1 aromatic carbocycles. The van der Waals surface area contributed by atoms with Gasteiger partial charge in [0.2, 0.25) is 0 Å². The van der Waals surface area contributed by atoms with Crippen LogP contribution in [0, 0.1) is 5.82 Å². The summed E-state index contributed by atoms with van der Waals surface area (Å²) in [5, 5.41) is 17.5. The Bertz CT molecular complexity index is 596. The molecule has 0 saturated heterocycles. The van der Waals surface area contributed by atoms with Crippen LogP contribution < -0.4 is 0 Å². The standard InChI is InChI=1S/C14H17ClFN3O/c1-3-9(4-2)14-13(8-20)17-18-19(14)10-5-6-12(16)11(15)7-10/h5-7,9,20H,3-4,8H2,1-2H3. The fourth-order valence-electron chi connectivity index (χ4n) is 2.32. The van der Waals surface area contributed by atoms with Gasteiger partial charge in [-0.15, -0.1) is 5.10 Å². The Kier molecular flexibility index (Phi) is 4.73. The number of nitrogens with zero attached hydrogens (tertiary/aromatic N) is 3. The summed E-state index contributed by atoms with van der Waals surface area (Å²) < 4.78 is 14.9. The van der Waals surface area contributed by atoms with Gasteiger partial charge < -0.3 is 5.11 Å². The monoisotopic (exact) mass is 297 g/mol. The number of rotatable bonds is 5. The smallest absolute Gasteiger partial charge is 0.141 e. The van der Waals surface area contributed by atoms with Crippen molar-refractivity contribution < 1.29 is 9.50 Å². The molecule has 2 aromatic rings. The lowest BCUT2D eigenvalue weighted by atomic mass is 9.97. The van der Waals surface area contributed by atoms with Crippen LogP contribution in [0.5, 0.6) is 0 Å². The normalized spacial score (nSPS) is 11.3. The fraction of sp³-hybridized carbons (Fsp3) is 0.429. The van der Waals surface area contributed by atoms with Crippen LogP contribution in [-0.4, -0.2) is 20.1 Å². The number of halogens is 2. The van der Waals surface area contributed by atoms with E-state index in [1.165, 1.54) is 12.1 Å². The predicted molar refractivity (Wildman–Crippen MR) is 75.6 cm³/mol. The summed E-state index contributed by atoms with van der Waals surface area (Å²) in [7, 11) is 0. The highest BCUT2D eigenvalue weighted by atomic mass is 35.5. The summed E-state index contributed by atoms with van der Waals surface area (Å²) in [6, 6.07) is 4.41. The average Bonchev–Trinajstić information content (AvgIpc) is 2.87. The van der Waals surface area contributed by atoms with E-state index >= 15 is 0 Å². The Morgan fingerprint density at radius 2 is 2.05 bits per heavy atom. The highest BCUT2D eigenvalue weighted by Gasteiger charge is 2.21. The Balaban J connectivity index is 2.56. The molecular weight excluding hydrogens is 281 g/mol. The van der Waals surface area contributed by atoms with E-state index in [4.69, 9.17) is 11.6 Å². The third-order valence-electron chi connectivity index (χ3n) is 3.45. The first kappa shape index (κ1) is 14.9. The molecule has 6 heteroatoms. The molecule has 4 nitrogen and oxygen atoms in total. The van der Waals surface area contributed by atoms with E-state index in [1.54, 1.807) is 10.7 Å². The molecule has 2 rings (SSSR count). The topological polar surface area (TPSA) is 50.9 Å². The lowest BCUT2D eigenvalue weighted by molar-refractivity contribution is 0.274. The van der Waals surface area contributed by atoms with Gasteiger partial charge >= 0.3 is 0 Å². The van der Waals surface area contributed by atoms with E-state index in [0.717, 1.165) is 18.5 Å². The van der Waals surface area contributed by atoms with E-state index < -0.39 is 5.82 Å².